The molecule has 0 aromatic rings. The Labute approximate surface area is 95.3 Å². The number of hydrogen-bond acceptors (Lipinski definition) is 4. The minimum absolute atomic E-state index is 0.0486. The van der Waals surface area contributed by atoms with Crippen LogP contribution in [0.4, 0.5) is 4.79 Å². The van der Waals surface area contributed by atoms with Gasteiger partial charge < -0.3 is 19.5 Å². The highest BCUT2D eigenvalue weighted by Gasteiger charge is 2.45. The van der Waals surface area contributed by atoms with E-state index in [1.165, 1.54) is 0 Å². The largest absolute Gasteiger partial charge is 0.444 e. The van der Waals surface area contributed by atoms with E-state index in [9.17, 15) is 9.90 Å². The number of amides is 1. The van der Waals surface area contributed by atoms with Crippen molar-refractivity contribution in [3.8, 4) is 0 Å². The fourth-order valence-electron chi connectivity index (χ4n) is 1.96. The Bertz CT molecular complexity index is 282. The van der Waals surface area contributed by atoms with Gasteiger partial charge in [0.1, 0.15) is 5.60 Å². The highest BCUT2D eigenvalue weighted by Crippen LogP contribution is 2.30. The first-order valence-corrected chi connectivity index (χ1v) is 5.64. The molecule has 2 aliphatic heterocycles. The Balaban J connectivity index is 1.89. The lowest BCUT2D eigenvalue weighted by atomic mass is 10.0. The molecule has 0 radical (unpaired) electrons. The van der Waals surface area contributed by atoms with E-state index in [1.807, 2.05) is 20.8 Å². The molecule has 2 rings (SSSR count). The lowest BCUT2D eigenvalue weighted by Crippen LogP contribution is -2.36. The molecular weight excluding hydrogens is 210 g/mol. The number of likely N-dealkylation sites (tertiary alicyclic amines) is 1. The van der Waals surface area contributed by atoms with Gasteiger partial charge in [0.05, 0.1) is 25.4 Å². The van der Waals surface area contributed by atoms with E-state index in [0.717, 1.165) is 0 Å². The minimum atomic E-state index is -0.490. The summed E-state index contributed by atoms with van der Waals surface area (Å²) in [6.45, 7) is 7.07. The predicted octanol–water partition coefficient (Wildman–Crippen LogP) is 0.613. The monoisotopic (exact) mass is 229 g/mol. The number of aliphatic hydroxyl groups is 1. The van der Waals surface area contributed by atoms with Crippen LogP contribution in [0.15, 0.2) is 0 Å². The van der Waals surface area contributed by atoms with Crippen molar-refractivity contribution in [2.45, 2.75) is 38.6 Å². The van der Waals surface area contributed by atoms with Gasteiger partial charge >= 0.3 is 6.09 Å². The fourth-order valence-corrected chi connectivity index (χ4v) is 1.96. The summed E-state index contributed by atoms with van der Waals surface area (Å²) in [5.41, 5.74) is -0.490. The summed E-state index contributed by atoms with van der Waals surface area (Å²) in [6, 6.07) is 0. The fraction of sp³-hybridized carbons (Fsp3) is 0.909. The van der Waals surface area contributed by atoms with Crippen LogP contribution in [0.3, 0.4) is 0 Å². The van der Waals surface area contributed by atoms with Gasteiger partial charge in [-0.2, -0.15) is 0 Å². The van der Waals surface area contributed by atoms with Crippen molar-refractivity contribution in [1.82, 2.24) is 4.90 Å². The first-order valence-electron chi connectivity index (χ1n) is 5.64. The molecule has 5 nitrogen and oxygen atoms in total. The molecule has 5 heteroatoms. The van der Waals surface area contributed by atoms with E-state index >= 15 is 0 Å². The summed E-state index contributed by atoms with van der Waals surface area (Å²) >= 11 is 0. The van der Waals surface area contributed by atoms with Crippen LogP contribution in [0.25, 0.3) is 0 Å². The molecule has 1 amide bonds. The Hall–Kier alpha value is -0.810. The van der Waals surface area contributed by atoms with E-state index in [-0.39, 0.29) is 18.1 Å². The number of rotatable bonds is 1. The zero-order valence-electron chi connectivity index (χ0n) is 9.97. The van der Waals surface area contributed by atoms with Gasteiger partial charge in [0.15, 0.2) is 0 Å². The second-order valence-electron chi connectivity index (χ2n) is 5.49. The molecule has 2 heterocycles. The van der Waals surface area contributed by atoms with E-state index in [1.54, 1.807) is 4.90 Å². The summed E-state index contributed by atoms with van der Waals surface area (Å²) in [6.07, 6.45) is -0.711. The molecule has 0 aromatic carbocycles. The summed E-state index contributed by atoms with van der Waals surface area (Å²) in [5, 5.41) is 9.79. The van der Waals surface area contributed by atoms with Crippen LogP contribution in [0.1, 0.15) is 20.8 Å². The van der Waals surface area contributed by atoms with Gasteiger partial charge in [0.2, 0.25) is 0 Å². The zero-order chi connectivity index (χ0) is 11.9. The van der Waals surface area contributed by atoms with Crippen molar-refractivity contribution in [2.24, 2.45) is 5.92 Å². The molecule has 0 spiro atoms. The van der Waals surface area contributed by atoms with E-state index in [0.29, 0.717) is 19.7 Å². The second kappa shape index (κ2) is 3.89. The van der Waals surface area contributed by atoms with Crippen molar-refractivity contribution in [2.75, 3.05) is 19.7 Å². The molecule has 2 fully saturated rings. The molecule has 1 N–H and O–H groups in total. The Morgan fingerprint density at radius 2 is 2.06 bits per heavy atom. The van der Waals surface area contributed by atoms with Crippen LogP contribution < -0.4 is 0 Å². The third kappa shape index (κ3) is 2.65. The third-order valence-electron chi connectivity index (χ3n) is 2.82. The number of carbonyl (C=O) groups is 1. The minimum Gasteiger partial charge on any atom is -0.444 e. The maximum Gasteiger partial charge on any atom is 0.410 e. The van der Waals surface area contributed by atoms with Crippen molar-refractivity contribution in [3.05, 3.63) is 0 Å². The number of nitrogens with zero attached hydrogens (tertiary/aromatic N) is 1. The number of β-amino-alcohol motifs (C(OH)–C–C–N with tert-alkyl or cyclic N) is 1. The maximum atomic E-state index is 11.7. The Morgan fingerprint density at radius 1 is 1.44 bits per heavy atom. The van der Waals surface area contributed by atoms with Gasteiger partial charge in [-0.3, -0.25) is 0 Å². The average Bonchev–Trinajstić information content (AvgIpc) is 2.87. The van der Waals surface area contributed by atoms with E-state index < -0.39 is 11.7 Å². The topological polar surface area (TPSA) is 62.3 Å². The molecular formula is C11H19NO4. The maximum absolute atomic E-state index is 11.7. The van der Waals surface area contributed by atoms with Gasteiger partial charge in [-0.1, -0.05) is 0 Å². The van der Waals surface area contributed by atoms with Crippen LogP contribution in [-0.2, 0) is 9.47 Å². The smallest absolute Gasteiger partial charge is 0.410 e. The van der Waals surface area contributed by atoms with Crippen LogP contribution in [0, 0.1) is 5.92 Å². The first-order chi connectivity index (χ1) is 7.37. The molecule has 2 saturated heterocycles. The van der Waals surface area contributed by atoms with Gasteiger partial charge in [-0.15, -0.1) is 0 Å². The molecule has 3 atom stereocenters. The van der Waals surface area contributed by atoms with Crippen molar-refractivity contribution in [3.63, 3.8) is 0 Å². The van der Waals surface area contributed by atoms with Crippen LogP contribution in [0.2, 0.25) is 0 Å². The highest BCUT2D eigenvalue weighted by molar-refractivity contribution is 5.68. The number of hydrogen-bond donors (Lipinski definition) is 1. The highest BCUT2D eigenvalue weighted by atomic mass is 16.6. The number of carbonyl (C=O) groups excluding carboxylic acids is 1. The lowest BCUT2D eigenvalue weighted by Gasteiger charge is -2.24. The molecule has 16 heavy (non-hydrogen) atoms. The molecule has 0 aromatic heterocycles. The van der Waals surface area contributed by atoms with E-state index in [2.05, 4.69) is 0 Å². The molecule has 0 saturated carbocycles. The first kappa shape index (κ1) is 11.7. The quantitative estimate of drug-likeness (QED) is 0.669. The molecule has 2 aliphatic rings. The van der Waals surface area contributed by atoms with Gasteiger partial charge in [-0.05, 0) is 20.8 Å². The zero-order valence-corrected chi connectivity index (χ0v) is 9.97. The summed E-state index contributed by atoms with van der Waals surface area (Å²) < 4.78 is 10.4. The van der Waals surface area contributed by atoms with Gasteiger partial charge in [0.25, 0.3) is 0 Å². The third-order valence-corrected chi connectivity index (χ3v) is 2.82. The lowest BCUT2D eigenvalue weighted by molar-refractivity contribution is 0.0269. The van der Waals surface area contributed by atoms with Crippen LogP contribution in [-0.4, -0.2) is 53.6 Å². The summed E-state index contributed by atoms with van der Waals surface area (Å²) in [5.74, 6) is 0.0486. The van der Waals surface area contributed by atoms with Crippen molar-refractivity contribution < 1.29 is 19.4 Å². The van der Waals surface area contributed by atoms with Gasteiger partial charge in [0, 0.05) is 12.5 Å². The summed E-state index contributed by atoms with van der Waals surface area (Å²) in [4.78, 5) is 13.3. The Morgan fingerprint density at radius 3 is 2.56 bits per heavy atom. The second-order valence-corrected chi connectivity index (χ2v) is 5.49. The normalized spacial score (nSPS) is 34.0. The van der Waals surface area contributed by atoms with Crippen LogP contribution >= 0.6 is 0 Å². The molecule has 0 bridgehead atoms. The number of aliphatic hydroxyl groups excluding tert-OH is 1. The molecule has 1 unspecified atom stereocenters. The van der Waals surface area contributed by atoms with Crippen molar-refractivity contribution in [1.29, 1.82) is 0 Å². The number of epoxide rings is 1. The molecule has 0 aliphatic carbocycles. The van der Waals surface area contributed by atoms with Crippen LogP contribution in [0.5, 0.6) is 0 Å². The Kier molecular flexibility index (Phi) is 2.84. The SMILES string of the molecule is CC(C)(C)OC(=O)N1C[C@H](O)[C@H](C2CO2)C1. The van der Waals surface area contributed by atoms with Gasteiger partial charge in [-0.25, -0.2) is 4.79 Å². The van der Waals surface area contributed by atoms with Crippen molar-refractivity contribution >= 4 is 6.09 Å². The molecule has 92 valence electrons. The standard InChI is InChI=1S/C11H19NO4/c1-11(2,3)16-10(14)12-4-7(8(13)5-12)9-6-15-9/h7-9,13H,4-6H2,1-3H3/t7-,8+,9?/m1/s1. The van der Waals surface area contributed by atoms with E-state index in [4.69, 9.17) is 9.47 Å². The average molecular weight is 229 g/mol. The number of ether oxygens (including phenoxy) is 2. The summed E-state index contributed by atoms with van der Waals surface area (Å²) in [7, 11) is 0. The predicted molar refractivity (Wildman–Crippen MR) is 57.0 cm³/mol.